The van der Waals surface area contributed by atoms with Crippen LogP contribution in [0.5, 0.6) is 0 Å². The largest absolute Gasteiger partial charge is 0.266 e. The molecule has 1 aliphatic carbocycles. The minimum atomic E-state index is -3.86. The molecule has 1 aliphatic rings. The fraction of sp³-hybridized carbons (Fsp3) is 0.727. The number of rotatable bonds is 3. The van der Waals surface area contributed by atoms with Crippen molar-refractivity contribution in [3.8, 4) is 0 Å². The third-order valence-corrected chi connectivity index (χ3v) is 5.13. The van der Waals surface area contributed by atoms with Gasteiger partial charge < -0.3 is 0 Å². The van der Waals surface area contributed by atoms with E-state index in [9.17, 15) is 8.42 Å². The molecular weight excluding hydrogens is 295 g/mol. The predicted molar refractivity (Wildman–Crippen MR) is 71.9 cm³/mol. The standard InChI is InChI=1S/C11H16Cl2N2O2S/c1-7(2)9-10(18(13,16)17)11(12)15(14-9)8-5-3-4-6-8/h7-8H,3-6H2,1-2H3. The summed E-state index contributed by atoms with van der Waals surface area (Å²) >= 11 is 6.18. The molecule has 7 heteroatoms. The van der Waals surface area contributed by atoms with Crippen LogP contribution in [0, 0.1) is 0 Å². The van der Waals surface area contributed by atoms with E-state index in [1.165, 1.54) is 0 Å². The molecule has 1 heterocycles. The number of aromatic nitrogens is 2. The van der Waals surface area contributed by atoms with Crippen molar-refractivity contribution in [2.24, 2.45) is 0 Å². The van der Waals surface area contributed by atoms with E-state index in [-0.39, 0.29) is 22.0 Å². The molecule has 0 N–H and O–H groups in total. The number of hydrogen-bond acceptors (Lipinski definition) is 3. The fourth-order valence-electron chi connectivity index (χ4n) is 2.41. The molecule has 0 saturated heterocycles. The van der Waals surface area contributed by atoms with Gasteiger partial charge in [0.15, 0.2) is 0 Å². The molecule has 4 nitrogen and oxygen atoms in total. The lowest BCUT2D eigenvalue weighted by atomic mass is 10.1. The monoisotopic (exact) mass is 310 g/mol. The lowest BCUT2D eigenvalue weighted by molar-refractivity contribution is 0.461. The first-order valence-electron chi connectivity index (χ1n) is 6.05. The maximum atomic E-state index is 11.6. The molecule has 0 unspecified atom stereocenters. The Morgan fingerprint density at radius 2 is 1.89 bits per heavy atom. The Morgan fingerprint density at radius 1 is 1.33 bits per heavy atom. The SMILES string of the molecule is CC(C)c1nn(C2CCCC2)c(Cl)c1S(=O)(=O)Cl. The summed E-state index contributed by atoms with van der Waals surface area (Å²) in [6, 6.07) is 0.196. The second-order valence-corrected chi connectivity index (χ2v) is 7.84. The summed E-state index contributed by atoms with van der Waals surface area (Å²) in [5.41, 5.74) is 0.460. The average molecular weight is 311 g/mol. The maximum absolute atomic E-state index is 11.6. The van der Waals surface area contributed by atoms with Gasteiger partial charge in [0.05, 0.1) is 11.7 Å². The van der Waals surface area contributed by atoms with E-state index in [4.69, 9.17) is 22.3 Å². The van der Waals surface area contributed by atoms with Crippen molar-refractivity contribution in [2.45, 2.75) is 56.4 Å². The topological polar surface area (TPSA) is 52.0 Å². The Bertz CT molecular complexity index is 546. The first kappa shape index (κ1) is 14.2. The van der Waals surface area contributed by atoms with Crippen molar-refractivity contribution in [2.75, 3.05) is 0 Å². The van der Waals surface area contributed by atoms with Crippen LogP contribution >= 0.6 is 22.3 Å². The molecule has 102 valence electrons. The van der Waals surface area contributed by atoms with Gasteiger partial charge in [0, 0.05) is 10.7 Å². The molecule has 1 aromatic heterocycles. The van der Waals surface area contributed by atoms with Crippen LogP contribution in [-0.4, -0.2) is 18.2 Å². The second kappa shape index (κ2) is 5.02. The zero-order chi connectivity index (χ0) is 13.5. The van der Waals surface area contributed by atoms with Crippen molar-refractivity contribution in [3.63, 3.8) is 0 Å². The molecule has 1 saturated carbocycles. The zero-order valence-electron chi connectivity index (χ0n) is 10.4. The highest BCUT2D eigenvalue weighted by molar-refractivity contribution is 8.13. The molecule has 0 aliphatic heterocycles. The molecule has 0 atom stereocenters. The van der Waals surface area contributed by atoms with Gasteiger partial charge in [-0.15, -0.1) is 0 Å². The van der Waals surface area contributed by atoms with E-state index in [1.54, 1.807) is 4.68 Å². The highest BCUT2D eigenvalue weighted by atomic mass is 35.7. The number of nitrogens with zero attached hydrogens (tertiary/aromatic N) is 2. The second-order valence-electron chi connectivity index (χ2n) is 4.98. The zero-order valence-corrected chi connectivity index (χ0v) is 12.7. The molecular formula is C11H16Cl2N2O2S. The summed E-state index contributed by atoms with van der Waals surface area (Å²) in [6.07, 6.45) is 4.23. The molecule has 18 heavy (non-hydrogen) atoms. The Balaban J connectivity index is 2.57. The normalized spacial score (nSPS) is 17.8. The molecule has 0 spiro atoms. The van der Waals surface area contributed by atoms with Gasteiger partial charge in [0.1, 0.15) is 10.0 Å². The molecule has 2 rings (SSSR count). The van der Waals surface area contributed by atoms with E-state index in [0.29, 0.717) is 5.69 Å². The van der Waals surface area contributed by atoms with Crippen LogP contribution in [0.4, 0.5) is 0 Å². The summed E-state index contributed by atoms with van der Waals surface area (Å²) in [7, 11) is 1.61. The molecule has 0 aromatic carbocycles. The van der Waals surface area contributed by atoms with Crippen molar-refractivity contribution in [3.05, 3.63) is 10.8 Å². The van der Waals surface area contributed by atoms with Crippen LogP contribution in [0.25, 0.3) is 0 Å². The summed E-state index contributed by atoms with van der Waals surface area (Å²) in [4.78, 5) is -0.0206. The van der Waals surface area contributed by atoms with Crippen LogP contribution in [0.15, 0.2) is 4.90 Å². The lowest BCUT2D eigenvalue weighted by Crippen LogP contribution is -2.07. The third kappa shape index (κ3) is 2.53. The van der Waals surface area contributed by atoms with E-state index in [0.717, 1.165) is 25.7 Å². The van der Waals surface area contributed by atoms with Gasteiger partial charge >= 0.3 is 0 Å². The molecule has 0 bridgehead atoms. The average Bonchev–Trinajstić information content (AvgIpc) is 2.81. The highest BCUT2D eigenvalue weighted by Gasteiger charge is 2.31. The van der Waals surface area contributed by atoms with Crippen LogP contribution in [0.1, 0.15) is 57.2 Å². The van der Waals surface area contributed by atoms with Crippen molar-refractivity contribution >= 4 is 31.3 Å². The summed E-state index contributed by atoms with van der Waals surface area (Å²) < 4.78 is 24.9. The van der Waals surface area contributed by atoms with E-state index in [1.807, 2.05) is 13.8 Å². The minimum Gasteiger partial charge on any atom is -0.249 e. The first-order chi connectivity index (χ1) is 8.32. The quantitative estimate of drug-likeness (QED) is 0.800. The van der Waals surface area contributed by atoms with E-state index < -0.39 is 9.05 Å². The molecule has 0 amide bonds. The van der Waals surface area contributed by atoms with Gasteiger partial charge in [-0.25, -0.2) is 13.1 Å². The van der Waals surface area contributed by atoms with Gasteiger partial charge in [-0.3, -0.25) is 0 Å². The summed E-state index contributed by atoms with van der Waals surface area (Å²) in [5, 5.41) is 4.53. The molecule has 1 fully saturated rings. The van der Waals surface area contributed by atoms with Crippen LogP contribution in [0.3, 0.4) is 0 Å². The van der Waals surface area contributed by atoms with Gasteiger partial charge in [0.2, 0.25) is 0 Å². The number of hydrogen-bond donors (Lipinski definition) is 0. The third-order valence-electron chi connectivity index (χ3n) is 3.30. The molecule has 1 aromatic rings. The Hall–Kier alpha value is -0.260. The van der Waals surface area contributed by atoms with Gasteiger partial charge in [-0.05, 0) is 18.8 Å². The van der Waals surface area contributed by atoms with Gasteiger partial charge in [-0.1, -0.05) is 38.3 Å². The lowest BCUT2D eigenvalue weighted by Gasteiger charge is -2.10. The molecule has 0 radical (unpaired) electrons. The van der Waals surface area contributed by atoms with Crippen molar-refractivity contribution in [1.82, 2.24) is 9.78 Å². The fourth-order valence-corrected chi connectivity index (χ4v) is 4.38. The van der Waals surface area contributed by atoms with Crippen LogP contribution in [-0.2, 0) is 9.05 Å². The predicted octanol–water partition coefficient (Wildman–Crippen LogP) is 3.70. The highest BCUT2D eigenvalue weighted by Crippen LogP contribution is 2.38. The van der Waals surface area contributed by atoms with Crippen LogP contribution < -0.4 is 0 Å². The van der Waals surface area contributed by atoms with Gasteiger partial charge in [-0.2, -0.15) is 5.10 Å². The Morgan fingerprint density at radius 3 is 2.28 bits per heavy atom. The van der Waals surface area contributed by atoms with Crippen molar-refractivity contribution < 1.29 is 8.42 Å². The van der Waals surface area contributed by atoms with Crippen LogP contribution in [0.2, 0.25) is 5.15 Å². The summed E-state index contributed by atoms with van der Waals surface area (Å²) in [6.45, 7) is 3.76. The first-order valence-corrected chi connectivity index (χ1v) is 8.73. The minimum absolute atomic E-state index is 0.0206. The summed E-state index contributed by atoms with van der Waals surface area (Å²) in [5.74, 6) is -0.0336. The van der Waals surface area contributed by atoms with E-state index in [2.05, 4.69) is 5.10 Å². The van der Waals surface area contributed by atoms with Gasteiger partial charge in [0.25, 0.3) is 9.05 Å². The Kier molecular flexibility index (Phi) is 3.95. The number of halogens is 2. The smallest absolute Gasteiger partial charge is 0.249 e. The maximum Gasteiger partial charge on any atom is 0.266 e. The van der Waals surface area contributed by atoms with E-state index >= 15 is 0 Å². The van der Waals surface area contributed by atoms with Crippen molar-refractivity contribution in [1.29, 1.82) is 0 Å². The Labute approximate surface area is 117 Å².